The fourth-order valence-corrected chi connectivity index (χ4v) is 5.28. The van der Waals surface area contributed by atoms with E-state index >= 15 is 0 Å². The van der Waals surface area contributed by atoms with E-state index in [9.17, 15) is 9.59 Å². The summed E-state index contributed by atoms with van der Waals surface area (Å²) in [5, 5.41) is 10.2. The van der Waals surface area contributed by atoms with E-state index in [4.69, 9.17) is 21.4 Å². The monoisotopic (exact) mass is 546 g/mol. The Bertz CT molecular complexity index is 1440. The van der Waals surface area contributed by atoms with Crippen molar-refractivity contribution in [1.29, 1.82) is 0 Å². The molecule has 7 nitrogen and oxygen atoms in total. The second kappa shape index (κ2) is 11.3. The summed E-state index contributed by atoms with van der Waals surface area (Å²) in [4.78, 5) is 29.7. The number of hydrogen-bond donors (Lipinski definition) is 1. The normalized spacial score (nSPS) is 17.9. The summed E-state index contributed by atoms with van der Waals surface area (Å²) < 4.78 is 7.60. The standard InChI is InChI=1S/C29H27ClN4O3S/c1-19-16-33(17-20(2)37-19)29(36)25(31-28(35)21-10-12-23(30)13-11-21)15-22-18-34(24-7-4-3-5-8-24)32-27(22)26-9-6-14-38-26/h3-15,18-20H,16-17H2,1-2H3,(H,31,35)/b25-15-/t19-,20+. The SMILES string of the molecule is C[C@@H]1CN(C(=O)/C(=C/c2cn(-c3ccccc3)nc2-c2cccs2)NC(=O)c2ccc(Cl)cc2)C[C@H](C)O1. The second-order valence-corrected chi connectivity index (χ2v) is 10.6. The molecule has 194 valence electrons. The van der Waals surface area contributed by atoms with Crippen LogP contribution >= 0.6 is 22.9 Å². The Hall–Kier alpha value is -3.72. The van der Waals surface area contributed by atoms with Crippen LogP contribution in [0.4, 0.5) is 0 Å². The molecule has 3 heterocycles. The summed E-state index contributed by atoms with van der Waals surface area (Å²) in [6.07, 6.45) is 3.36. The van der Waals surface area contributed by atoms with E-state index in [1.54, 1.807) is 51.3 Å². The number of hydrogen-bond acceptors (Lipinski definition) is 5. The van der Waals surface area contributed by atoms with E-state index in [0.29, 0.717) is 29.2 Å². The van der Waals surface area contributed by atoms with Crippen molar-refractivity contribution < 1.29 is 14.3 Å². The molecule has 0 radical (unpaired) electrons. The predicted molar refractivity (Wildman–Crippen MR) is 150 cm³/mol. The molecule has 1 aliphatic rings. The zero-order valence-electron chi connectivity index (χ0n) is 21.0. The molecular weight excluding hydrogens is 520 g/mol. The summed E-state index contributed by atoms with van der Waals surface area (Å²) in [7, 11) is 0. The molecule has 1 N–H and O–H groups in total. The van der Waals surface area contributed by atoms with E-state index in [1.165, 1.54) is 0 Å². The molecule has 38 heavy (non-hydrogen) atoms. The molecule has 2 aromatic heterocycles. The summed E-state index contributed by atoms with van der Waals surface area (Å²) in [5.74, 6) is -0.678. The van der Waals surface area contributed by atoms with E-state index in [2.05, 4.69) is 5.32 Å². The lowest BCUT2D eigenvalue weighted by Gasteiger charge is -2.35. The van der Waals surface area contributed by atoms with Crippen molar-refractivity contribution in [3.05, 3.63) is 100 Å². The summed E-state index contributed by atoms with van der Waals surface area (Å²) >= 11 is 7.56. The van der Waals surface area contributed by atoms with Crippen LogP contribution in [0.1, 0.15) is 29.8 Å². The van der Waals surface area contributed by atoms with Crippen molar-refractivity contribution in [2.75, 3.05) is 13.1 Å². The van der Waals surface area contributed by atoms with Crippen molar-refractivity contribution >= 4 is 40.8 Å². The molecule has 1 fully saturated rings. The number of halogens is 1. The van der Waals surface area contributed by atoms with Crippen LogP contribution in [0.15, 0.2) is 84.0 Å². The number of amides is 2. The van der Waals surface area contributed by atoms with Gasteiger partial charge < -0.3 is 15.0 Å². The van der Waals surface area contributed by atoms with Crippen molar-refractivity contribution in [3.8, 4) is 16.3 Å². The van der Waals surface area contributed by atoms with Crippen molar-refractivity contribution in [3.63, 3.8) is 0 Å². The van der Waals surface area contributed by atoms with E-state index in [0.717, 1.165) is 16.3 Å². The van der Waals surface area contributed by atoms with Gasteiger partial charge in [-0.15, -0.1) is 11.3 Å². The third-order valence-electron chi connectivity index (χ3n) is 6.11. The van der Waals surface area contributed by atoms with Gasteiger partial charge in [0.1, 0.15) is 11.4 Å². The highest BCUT2D eigenvalue weighted by atomic mass is 35.5. The topological polar surface area (TPSA) is 76.5 Å². The quantitative estimate of drug-likeness (QED) is 0.317. The van der Waals surface area contributed by atoms with Gasteiger partial charge in [0.2, 0.25) is 0 Å². The van der Waals surface area contributed by atoms with Gasteiger partial charge in [0, 0.05) is 35.4 Å². The lowest BCUT2D eigenvalue weighted by atomic mass is 10.1. The van der Waals surface area contributed by atoms with Crippen LogP contribution < -0.4 is 5.32 Å². The van der Waals surface area contributed by atoms with E-state index < -0.39 is 5.91 Å². The highest BCUT2D eigenvalue weighted by molar-refractivity contribution is 7.13. The first-order valence-corrected chi connectivity index (χ1v) is 13.6. The van der Waals surface area contributed by atoms with Crippen LogP contribution in [0, 0.1) is 0 Å². The first-order valence-electron chi connectivity index (χ1n) is 12.3. The van der Waals surface area contributed by atoms with Gasteiger partial charge in [-0.3, -0.25) is 9.59 Å². The Morgan fingerprint density at radius 3 is 2.39 bits per heavy atom. The van der Waals surface area contributed by atoms with Gasteiger partial charge in [-0.1, -0.05) is 35.9 Å². The number of aromatic nitrogens is 2. The van der Waals surface area contributed by atoms with Crippen LogP contribution in [-0.2, 0) is 9.53 Å². The molecule has 2 aromatic carbocycles. The maximum atomic E-state index is 13.8. The Labute approximate surface area is 230 Å². The number of rotatable bonds is 6. The highest BCUT2D eigenvalue weighted by Gasteiger charge is 2.29. The maximum Gasteiger partial charge on any atom is 0.270 e. The average molecular weight is 547 g/mol. The molecule has 2 atom stereocenters. The zero-order chi connectivity index (χ0) is 26.6. The minimum Gasteiger partial charge on any atom is -0.372 e. The molecule has 5 rings (SSSR count). The van der Waals surface area contributed by atoms with Crippen LogP contribution in [0.3, 0.4) is 0 Å². The van der Waals surface area contributed by atoms with Crippen molar-refractivity contribution in [1.82, 2.24) is 20.0 Å². The molecule has 1 aliphatic heterocycles. The Balaban J connectivity index is 1.57. The number of para-hydroxylation sites is 1. The fraction of sp³-hybridized carbons (Fsp3) is 0.207. The third kappa shape index (κ3) is 5.88. The molecule has 9 heteroatoms. The number of nitrogens with zero attached hydrogens (tertiary/aromatic N) is 3. The minimum absolute atomic E-state index is 0.113. The van der Waals surface area contributed by atoms with Gasteiger partial charge in [0.15, 0.2) is 0 Å². The lowest BCUT2D eigenvalue weighted by Crippen LogP contribution is -2.50. The molecule has 2 amide bonds. The number of carbonyl (C=O) groups excluding carboxylic acids is 2. The molecule has 0 bridgehead atoms. The first-order chi connectivity index (χ1) is 18.4. The molecule has 0 unspecified atom stereocenters. The molecule has 1 saturated heterocycles. The largest absolute Gasteiger partial charge is 0.372 e. The number of carbonyl (C=O) groups is 2. The number of benzene rings is 2. The Morgan fingerprint density at radius 1 is 1.03 bits per heavy atom. The molecule has 0 aliphatic carbocycles. The summed E-state index contributed by atoms with van der Waals surface area (Å²) in [6.45, 7) is 4.73. The Morgan fingerprint density at radius 2 is 1.74 bits per heavy atom. The number of nitrogens with one attached hydrogen (secondary N) is 1. The van der Waals surface area contributed by atoms with Gasteiger partial charge in [-0.05, 0) is 67.8 Å². The molecule has 0 spiro atoms. The maximum absolute atomic E-state index is 13.8. The smallest absolute Gasteiger partial charge is 0.270 e. The number of ether oxygens (including phenoxy) is 1. The van der Waals surface area contributed by atoms with Crippen LogP contribution in [0.25, 0.3) is 22.3 Å². The van der Waals surface area contributed by atoms with Gasteiger partial charge in [0.05, 0.1) is 22.8 Å². The number of thiophene rings is 1. The summed E-state index contributed by atoms with van der Waals surface area (Å²) in [6, 6.07) is 20.2. The van der Waals surface area contributed by atoms with Crippen molar-refractivity contribution in [2.24, 2.45) is 0 Å². The highest BCUT2D eigenvalue weighted by Crippen LogP contribution is 2.29. The van der Waals surface area contributed by atoms with Gasteiger partial charge in [-0.25, -0.2) is 4.68 Å². The van der Waals surface area contributed by atoms with Gasteiger partial charge in [-0.2, -0.15) is 5.10 Å². The predicted octanol–water partition coefficient (Wildman–Crippen LogP) is 5.66. The molecule has 4 aromatic rings. The van der Waals surface area contributed by atoms with Crippen LogP contribution in [0.2, 0.25) is 5.02 Å². The Kier molecular flexibility index (Phi) is 7.74. The van der Waals surface area contributed by atoms with Crippen molar-refractivity contribution in [2.45, 2.75) is 26.1 Å². The van der Waals surface area contributed by atoms with Crippen LogP contribution in [-0.4, -0.2) is 51.8 Å². The molecular formula is C29H27ClN4O3S. The lowest BCUT2D eigenvalue weighted by molar-refractivity contribution is -0.139. The average Bonchev–Trinajstić information content (AvgIpc) is 3.58. The zero-order valence-corrected chi connectivity index (χ0v) is 22.6. The van der Waals surface area contributed by atoms with Gasteiger partial charge in [0.25, 0.3) is 11.8 Å². The first kappa shape index (κ1) is 25.9. The minimum atomic E-state index is -0.399. The van der Waals surface area contributed by atoms with E-state index in [-0.39, 0.29) is 23.8 Å². The molecule has 0 saturated carbocycles. The van der Waals surface area contributed by atoms with Crippen LogP contribution in [0.5, 0.6) is 0 Å². The van der Waals surface area contributed by atoms with E-state index in [1.807, 2.05) is 67.9 Å². The fourth-order valence-electron chi connectivity index (χ4n) is 4.43. The third-order valence-corrected chi connectivity index (χ3v) is 7.24. The summed E-state index contributed by atoms with van der Waals surface area (Å²) in [5.41, 5.74) is 2.88. The number of morpholine rings is 1. The van der Waals surface area contributed by atoms with Gasteiger partial charge >= 0.3 is 0 Å². The second-order valence-electron chi connectivity index (χ2n) is 9.18.